The number of rotatable bonds is 2. The summed E-state index contributed by atoms with van der Waals surface area (Å²) in [6, 6.07) is 11.1. The Labute approximate surface area is 179 Å². The van der Waals surface area contributed by atoms with E-state index >= 15 is 0 Å². The summed E-state index contributed by atoms with van der Waals surface area (Å²) in [5.74, 6) is -2.69. The summed E-state index contributed by atoms with van der Waals surface area (Å²) < 4.78 is 13.5. The smallest absolute Gasteiger partial charge is 0.250 e. The number of carbonyl (C=O) groups excluding carboxylic acids is 3. The lowest BCUT2D eigenvalue weighted by Gasteiger charge is -2.36. The number of hydrogen-bond donors (Lipinski definition) is 1. The fraction of sp³-hybridized carbons (Fsp3) is 0.375. The van der Waals surface area contributed by atoms with E-state index in [1.165, 1.54) is 29.2 Å². The molecular weight excluding hydrogens is 397 g/mol. The summed E-state index contributed by atoms with van der Waals surface area (Å²) in [5.41, 5.74) is 1.79. The number of anilines is 2. The normalized spacial score (nSPS) is 31.4. The van der Waals surface area contributed by atoms with Gasteiger partial charge in [-0.2, -0.15) is 0 Å². The van der Waals surface area contributed by atoms with Gasteiger partial charge in [0.05, 0.1) is 17.5 Å². The largest absolute Gasteiger partial charge is 0.324 e. The first-order valence-corrected chi connectivity index (χ1v) is 10.8. The fourth-order valence-corrected chi connectivity index (χ4v) is 6.31. The molecule has 0 bridgehead atoms. The maximum Gasteiger partial charge on any atom is 0.250 e. The number of carbonyl (C=O) groups is 3. The molecule has 31 heavy (non-hydrogen) atoms. The molecule has 3 fully saturated rings. The number of nitrogens with one attached hydrogen (secondary N) is 1. The summed E-state index contributed by atoms with van der Waals surface area (Å²) in [6.07, 6.45) is 2.46. The van der Waals surface area contributed by atoms with E-state index in [1.807, 2.05) is 18.2 Å². The van der Waals surface area contributed by atoms with Gasteiger partial charge in [0.15, 0.2) is 0 Å². The predicted octanol–water partition coefficient (Wildman–Crippen LogP) is 2.82. The van der Waals surface area contributed by atoms with Gasteiger partial charge < -0.3 is 5.32 Å². The number of benzene rings is 2. The third-order valence-electron chi connectivity index (χ3n) is 7.55. The van der Waals surface area contributed by atoms with Gasteiger partial charge >= 0.3 is 0 Å². The van der Waals surface area contributed by atoms with Crippen molar-refractivity contribution < 1.29 is 18.8 Å². The monoisotopic (exact) mass is 419 g/mol. The Morgan fingerprint density at radius 1 is 1.10 bits per heavy atom. The van der Waals surface area contributed by atoms with Crippen LogP contribution in [0, 0.1) is 17.7 Å². The number of imide groups is 1. The van der Waals surface area contributed by atoms with Gasteiger partial charge in [-0.3, -0.25) is 19.3 Å². The van der Waals surface area contributed by atoms with Crippen LogP contribution in [0.25, 0.3) is 0 Å². The van der Waals surface area contributed by atoms with E-state index in [0.29, 0.717) is 17.9 Å². The highest BCUT2D eigenvalue weighted by molar-refractivity contribution is 6.25. The van der Waals surface area contributed by atoms with Crippen molar-refractivity contribution >= 4 is 29.1 Å². The van der Waals surface area contributed by atoms with Crippen molar-refractivity contribution in [2.75, 3.05) is 16.8 Å². The second-order valence-electron chi connectivity index (χ2n) is 8.85. The molecule has 0 aromatic heterocycles. The molecule has 2 aromatic rings. The highest BCUT2D eigenvalue weighted by Crippen LogP contribution is 2.60. The SMILES string of the molecule is CCc1ccc2c(c1)[C@]1(C(=O)N2)[C@@H]2C(=O)N(c3ccc(F)cc3)C(=O)[C@H]2[C@H]2CCCN21. The van der Waals surface area contributed by atoms with E-state index in [9.17, 15) is 18.8 Å². The van der Waals surface area contributed by atoms with Crippen LogP contribution in [0.5, 0.6) is 0 Å². The van der Waals surface area contributed by atoms with E-state index in [0.717, 1.165) is 30.4 Å². The van der Waals surface area contributed by atoms with Crippen LogP contribution in [0.2, 0.25) is 0 Å². The number of nitrogens with zero attached hydrogens (tertiary/aromatic N) is 2. The van der Waals surface area contributed by atoms with Crippen LogP contribution in [0.1, 0.15) is 30.9 Å². The van der Waals surface area contributed by atoms with E-state index in [2.05, 4.69) is 17.1 Å². The van der Waals surface area contributed by atoms with Crippen molar-refractivity contribution in [2.45, 2.75) is 37.8 Å². The molecule has 7 heteroatoms. The lowest BCUT2D eigenvalue weighted by molar-refractivity contribution is -0.135. The summed E-state index contributed by atoms with van der Waals surface area (Å²) in [5, 5.41) is 2.99. The van der Waals surface area contributed by atoms with Crippen LogP contribution < -0.4 is 10.2 Å². The molecule has 3 amide bonds. The number of aryl methyl sites for hydroxylation is 1. The molecule has 4 heterocycles. The molecule has 3 saturated heterocycles. The zero-order chi connectivity index (χ0) is 21.5. The Morgan fingerprint density at radius 2 is 1.87 bits per heavy atom. The van der Waals surface area contributed by atoms with Crippen LogP contribution in [0.4, 0.5) is 15.8 Å². The van der Waals surface area contributed by atoms with Crippen LogP contribution in [-0.4, -0.2) is 35.2 Å². The minimum Gasteiger partial charge on any atom is -0.324 e. The molecular formula is C24H22FN3O3. The first kappa shape index (κ1) is 18.7. The maximum absolute atomic E-state index is 13.8. The number of halogens is 1. The van der Waals surface area contributed by atoms with Crippen molar-refractivity contribution in [3.05, 3.63) is 59.4 Å². The van der Waals surface area contributed by atoms with Gasteiger partial charge in [-0.05, 0) is 61.7 Å². The maximum atomic E-state index is 13.8. The highest BCUT2D eigenvalue weighted by Gasteiger charge is 2.74. The third-order valence-corrected chi connectivity index (χ3v) is 7.55. The standard InChI is InChI=1S/C24H22FN3O3/c1-2-13-5-10-17-16(12-13)24(23(31)26-17)20-19(18-4-3-11-27(18)24)21(29)28(22(20)30)15-8-6-14(25)7-9-15/h5-10,12,18-20H,2-4,11H2,1H3,(H,26,31)/t18-,19+,20+,24-/m1/s1. The Bertz CT molecular complexity index is 1150. The van der Waals surface area contributed by atoms with Gasteiger partial charge in [0.1, 0.15) is 11.4 Å². The number of hydrogen-bond acceptors (Lipinski definition) is 4. The summed E-state index contributed by atoms with van der Waals surface area (Å²) >= 11 is 0. The Kier molecular flexibility index (Phi) is 3.76. The van der Waals surface area contributed by atoms with Gasteiger partial charge in [-0.25, -0.2) is 9.29 Å². The second kappa shape index (κ2) is 6.23. The van der Waals surface area contributed by atoms with Gasteiger partial charge in [0.2, 0.25) is 17.7 Å². The van der Waals surface area contributed by atoms with Crippen LogP contribution in [-0.2, 0) is 26.3 Å². The Hall–Kier alpha value is -3.06. The van der Waals surface area contributed by atoms with Crippen LogP contribution >= 0.6 is 0 Å². The van der Waals surface area contributed by atoms with Crippen molar-refractivity contribution in [3.63, 3.8) is 0 Å². The first-order chi connectivity index (χ1) is 15.0. The zero-order valence-electron chi connectivity index (χ0n) is 17.1. The molecule has 4 aliphatic rings. The fourth-order valence-electron chi connectivity index (χ4n) is 6.31. The third kappa shape index (κ3) is 2.17. The molecule has 6 nitrogen and oxygen atoms in total. The van der Waals surface area contributed by atoms with Crippen molar-refractivity contribution in [3.8, 4) is 0 Å². The van der Waals surface area contributed by atoms with Crippen molar-refractivity contribution in [1.29, 1.82) is 0 Å². The van der Waals surface area contributed by atoms with Crippen LogP contribution in [0.15, 0.2) is 42.5 Å². The van der Waals surface area contributed by atoms with Gasteiger partial charge in [-0.15, -0.1) is 0 Å². The molecule has 4 atom stereocenters. The molecule has 0 radical (unpaired) electrons. The molecule has 0 aliphatic carbocycles. The molecule has 2 aromatic carbocycles. The van der Waals surface area contributed by atoms with E-state index in [1.54, 1.807) is 0 Å². The zero-order valence-corrected chi connectivity index (χ0v) is 17.1. The number of fused-ring (bicyclic) bond motifs is 7. The van der Waals surface area contributed by atoms with Crippen molar-refractivity contribution in [1.82, 2.24) is 4.90 Å². The van der Waals surface area contributed by atoms with Crippen molar-refractivity contribution in [2.24, 2.45) is 11.8 Å². The first-order valence-electron chi connectivity index (χ1n) is 10.8. The summed E-state index contributed by atoms with van der Waals surface area (Å²) in [4.78, 5) is 44.2. The highest BCUT2D eigenvalue weighted by atomic mass is 19.1. The number of amides is 3. The topological polar surface area (TPSA) is 69.7 Å². The lowest BCUT2D eigenvalue weighted by Crippen LogP contribution is -2.54. The van der Waals surface area contributed by atoms with Gasteiger partial charge in [-0.1, -0.05) is 19.1 Å². The molecule has 1 spiro atoms. The minimum absolute atomic E-state index is 0.158. The van der Waals surface area contributed by atoms with E-state index in [-0.39, 0.29) is 23.8 Å². The molecule has 4 aliphatic heterocycles. The molecule has 0 unspecified atom stereocenters. The van der Waals surface area contributed by atoms with Crippen LogP contribution in [0.3, 0.4) is 0 Å². The molecule has 1 N–H and O–H groups in total. The Morgan fingerprint density at radius 3 is 2.61 bits per heavy atom. The molecule has 0 saturated carbocycles. The quantitative estimate of drug-likeness (QED) is 0.760. The Balaban J connectivity index is 1.55. The van der Waals surface area contributed by atoms with Gasteiger partial charge in [0, 0.05) is 17.3 Å². The molecule has 6 rings (SSSR count). The van der Waals surface area contributed by atoms with E-state index < -0.39 is 23.2 Å². The second-order valence-corrected chi connectivity index (χ2v) is 8.85. The van der Waals surface area contributed by atoms with Gasteiger partial charge in [0.25, 0.3) is 0 Å². The lowest BCUT2D eigenvalue weighted by atomic mass is 9.75. The summed E-state index contributed by atoms with van der Waals surface area (Å²) in [7, 11) is 0. The minimum atomic E-state index is -1.17. The predicted molar refractivity (Wildman–Crippen MR) is 112 cm³/mol. The summed E-state index contributed by atoms with van der Waals surface area (Å²) in [6.45, 7) is 2.73. The molecule has 158 valence electrons. The average molecular weight is 419 g/mol. The average Bonchev–Trinajstić information content (AvgIpc) is 3.47. The van der Waals surface area contributed by atoms with E-state index in [4.69, 9.17) is 0 Å².